The molecular formula is C22H21F3N8O3. The Morgan fingerprint density at radius 2 is 2.00 bits per heavy atom. The van der Waals surface area contributed by atoms with Gasteiger partial charge in [0.25, 0.3) is 5.91 Å². The van der Waals surface area contributed by atoms with Crippen LogP contribution in [0, 0.1) is 6.92 Å². The van der Waals surface area contributed by atoms with Crippen LogP contribution in [0.5, 0.6) is 0 Å². The van der Waals surface area contributed by atoms with Crippen molar-refractivity contribution >= 4 is 29.4 Å². The van der Waals surface area contributed by atoms with Crippen molar-refractivity contribution in [3.8, 4) is 11.5 Å². The third kappa shape index (κ3) is 4.41. The van der Waals surface area contributed by atoms with Crippen LogP contribution in [0.1, 0.15) is 29.7 Å². The van der Waals surface area contributed by atoms with E-state index in [1.165, 1.54) is 23.4 Å². The number of halogens is 3. The van der Waals surface area contributed by atoms with Gasteiger partial charge in [0.15, 0.2) is 17.5 Å². The number of carbonyl (C=O) groups excluding carboxylic acids is 2. The zero-order valence-electron chi connectivity index (χ0n) is 19.2. The van der Waals surface area contributed by atoms with Gasteiger partial charge in [-0.3, -0.25) is 15.0 Å². The summed E-state index contributed by atoms with van der Waals surface area (Å²) < 4.78 is 44.2. The predicted octanol–water partition coefficient (Wildman–Crippen LogP) is 3.15. The van der Waals surface area contributed by atoms with Gasteiger partial charge in [0.2, 0.25) is 5.95 Å². The fourth-order valence-electron chi connectivity index (χ4n) is 4.14. The van der Waals surface area contributed by atoms with Gasteiger partial charge in [-0.15, -0.1) is 0 Å². The maximum Gasteiger partial charge on any atom is 0.408 e. The molecule has 2 atom stereocenters. The molecular weight excluding hydrogens is 481 g/mol. The summed E-state index contributed by atoms with van der Waals surface area (Å²) in [5.41, 5.74) is 0.790. The van der Waals surface area contributed by atoms with Crippen LogP contribution in [0.4, 0.5) is 35.4 Å². The Labute approximate surface area is 202 Å². The summed E-state index contributed by atoms with van der Waals surface area (Å²) in [6, 6.07) is 1.65. The quantitative estimate of drug-likeness (QED) is 0.557. The van der Waals surface area contributed by atoms with E-state index in [0.717, 1.165) is 6.92 Å². The number of nitrogens with one attached hydrogen (secondary N) is 2. The number of aromatic nitrogens is 4. The molecule has 2 aliphatic rings. The van der Waals surface area contributed by atoms with Crippen molar-refractivity contribution in [1.29, 1.82) is 0 Å². The van der Waals surface area contributed by atoms with Gasteiger partial charge in [0, 0.05) is 26.2 Å². The van der Waals surface area contributed by atoms with Gasteiger partial charge >= 0.3 is 12.2 Å². The van der Waals surface area contributed by atoms with Crippen molar-refractivity contribution in [1.82, 2.24) is 25.3 Å². The van der Waals surface area contributed by atoms with Crippen molar-refractivity contribution in [2.24, 2.45) is 0 Å². The normalized spacial score (nSPS) is 17.5. The van der Waals surface area contributed by atoms with Gasteiger partial charge < -0.3 is 14.6 Å². The Morgan fingerprint density at radius 3 is 2.72 bits per heavy atom. The summed E-state index contributed by atoms with van der Waals surface area (Å²) in [4.78, 5) is 45.9. The van der Waals surface area contributed by atoms with E-state index in [-0.39, 0.29) is 23.5 Å². The van der Waals surface area contributed by atoms with Gasteiger partial charge in [-0.05, 0) is 31.5 Å². The summed E-state index contributed by atoms with van der Waals surface area (Å²) in [5.74, 6) is 0.0669. The van der Waals surface area contributed by atoms with Crippen molar-refractivity contribution in [3.05, 3.63) is 42.2 Å². The van der Waals surface area contributed by atoms with E-state index < -0.39 is 24.2 Å². The van der Waals surface area contributed by atoms with Gasteiger partial charge in [-0.25, -0.2) is 24.7 Å². The minimum Gasteiger partial charge on any atom is -0.439 e. The lowest BCUT2D eigenvalue weighted by molar-refractivity contribution is -0.149. The maximum absolute atomic E-state index is 13.4. The number of amides is 3. The molecule has 36 heavy (non-hydrogen) atoms. The van der Waals surface area contributed by atoms with Gasteiger partial charge in [-0.2, -0.15) is 13.2 Å². The van der Waals surface area contributed by atoms with E-state index in [1.54, 1.807) is 19.1 Å². The summed E-state index contributed by atoms with van der Waals surface area (Å²) in [7, 11) is 0. The number of rotatable bonds is 4. The third-order valence-electron chi connectivity index (χ3n) is 5.99. The number of carbonyl (C=O) groups is 2. The Hall–Kier alpha value is -4.23. The Kier molecular flexibility index (Phi) is 5.73. The zero-order valence-corrected chi connectivity index (χ0v) is 19.2. The number of hydrogen-bond donors (Lipinski definition) is 2. The molecule has 1 fully saturated rings. The fraction of sp³-hybridized carbons (Fsp3) is 0.364. The van der Waals surface area contributed by atoms with Gasteiger partial charge in [-0.1, -0.05) is 0 Å². The molecule has 0 unspecified atom stereocenters. The highest BCUT2D eigenvalue weighted by atomic mass is 19.4. The molecule has 2 aliphatic heterocycles. The zero-order chi connectivity index (χ0) is 25.6. The molecule has 0 aliphatic carbocycles. The fourth-order valence-corrected chi connectivity index (χ4v) is 4.14. The first-order valence-corrected chi connectivity index (χ1v) is 11.1. The molecule has 3 aromatic heterocycles. The van der Waals surface area contributed by atoms with Crippen LogP contribution in [0.15, 0.2) is 35.0 Å². The predicted molar refractivity (Wildman–Crippen MR) is 122 cm³/mol. The average Bonchev–Trinajstić information content (AvgIpc) is 3.45. The lowest BCUT2D eigenvalue weighted by Gasteiger charge is -2.35. The largest absolute Gasteiger partial charge is 0.439 e. The molecule has 5 rings (SSSR count). The number of nitrogens with zero attached hydrogens (tertiary/aromatic N) is 6. The van der Waals surface area contributed by atoms with Crippen molar-refractivity contribution in [3.63, 3.8) is 0 Å². The Morgan fingerprint density at radius 1 is 1.19 bits per heavy atom. The number of pyridine rings is 1. The summed E-state index contributed by atoms with van der Waals surface area (Å²) in [6.07, 6.45) is -0.985. The average molecular weight is 502 g/mol. The lowest BCUT2D eigenvalue weighted by Crippen LogP contribution is -2.49. The first-order valence-electron chi connectivity index (χ1n) is 11.1. The topological polar surface area (TPSA) is 129 Å². The van der Waals surface area contributed by atoms with Gasteiger partial charge in [0.1, 0.15) is 17.4 Å². The number of oxazole rings is 1. The van der Waals surface area contributed by atoms with Crippen LogP contribution < -0.4 is 20.4 Å². The van der Waals surface area contributed by atoms with Crippen LogP contribution in [-0.2, 0) is 0 Å². The molecule has 14 heteroatoms. The van der Waals surface area contributed by atoms with E-state index in [2.05, 4.69) is 25.3 Å². The van der Waals surface area contributed by atoms with Crippen molar-refractivity contribution < 1.29 is 27.2 Å². The molecule has 0 spiro atoms. The molecule has 3 aromatic rings. The maximum atomic E-state index is 13.4. The second-order valence-electron chi connectivity index (χ2n) is 8.47. The first-order chi connectivity index (χ1) is 17.1. The number of urea groups is 1. The highest BCUT2D eigenvalue weighted by Crippen LogP contribution is 2.39. The van der Waals surface area contributed by atoms with Crippen molar-refractivity contribution in [2.75, 3.05) is 28.2 Å². The minimum absolute atomic E-state index is 0.0152. The summed E-state index contributed by atoms with van der Waals surface area (Å²) >= 11 is 0. The molecule has 2 N–H and O–H groups in total. The first kappa shape index (κ1) is 23.5. The molecule has 2 bridgehead atoms. The number of aryl methyl sites for hydroxylation is 1. The Bertz CT molecular complexity index is 1330. The standard InChI is InChI=1S/C22H21F3N8O3/c1-11(22(23,24)25)28-19(34)15-3-4-16-18(29-15)33(13-6-8-32(16)10-13)21(35)31-20-26-7-5-14(30-20)17-9-27-12(2)36-17/h3-5,7,9,11,13H,6,8,10H2,1-2H3,(H,28,34)(H,26,30,31,35)/t11-,13+/m1/s1. The van der Waals surface area contributed by atoms with Crippen LogP contribution in [-0.4, -0.2) is 63.2 Å². The van der Waals surface area contributed by atoms with E-state index in [4.69, 9.17) is 4.42 Å². The molecule has 0 saturated carbocycles. The van der Waals surface area contributed by atoms with Crippen LogP contribution in [0.3, 0.4) is 0 Å². The van der Waals surface area contributed by atoms with E-state index >= 15 is 0 Å². The third-order valence-corrected chi connectivity index (χ3v) is 5.99. The summed E-state index contributed by atoms with van der Waals surface area (Å²) in [6.45, 7) is 3.75. The van der Waals surface area contributed by atoms with E-state index in [9.17, 15) is 22.8 Å². The van der Waals surface area contributed by atoms with Crippen molar-refractivity contribution in [2.45, 2.75) is 38.5 Å². The number of alkyl halides is 3. The molecule has 3 amide bonds. The summed E-state index contributed by atoms with van der Waals surface area (Å²) in [5, 5.41) is 4.54. The molecule has 11 nitrogen and oxygen atoms in total. The highest BCUT2D eigenvalue weighted by molar-refractivity contribution is 6.04. The molecule has 0 aromatic carbocycles. The van der Waals surface area contributed by atoms with E-state index in [0.29, 0.717) is 42.5 Å². The lowest BCUT2D eigenvalue weighted by atomic mass is 10.1. The molecule has 0 radical (unpaired) electrons. The number of fused-ring (bicyclic) bond motifs is 4. The monoisotopic (exact) mass is 502 g/mol. The second kappa shape index (κ2) is 8.77. The molecule has 188 valence electrons. The highest BCUT2D eigenvalue weighted by Gasteiger charge is 2.41. The minimum atomic E-state index is -4.60. The van der Waals surface area contributed by atoms with E-state index in [1.807, 2.05) is 10.2 Å². The van der Waals surface area contributed by atoms with Crippen LogP contribution in [0.25, 0.3) is 11.5 Å². The second-order valence-corrected chi connectivity index (χ2v) is 8.47. The SMILES string of the molecule is Cc1ncc(-c2ccnc(NC(=O)N3c4nc(C(=O)N[C@H](C)C(F)(F)F)ccc4N4CC[C@H]3C4)n2)o1. The van der Waals surface area contributed by atoms with Crippen LogP contribution in [0.2, 0.25) is 0 Å². The van der Waals surface area contributed by atoms with Crippen LogP contribution >= 0.6 is 0 Å². The smallest absolute Gasteiger partial charge is 0.408 e. The molecule has 5 heterocycles. The molecule has 1 saturated heterocycles. The number of anilines is 3. The van der Waals surface area contributed by atoms with Gasteiger partial charge in [0.05, 0.1) is 17.9 Å². The Balaban J connectivity index is 1.41. The number of hydrogen-bond acceptors (Lipinski definition) is 8.